The number of hydrogen-bond donors (Lipinski definition) is 1. The molecule has 0 saturated carbocycles. The molecule has 2 rings (SSSR count). The van der Waals surface area contributed by atoms with Crippen LogP contribution in [0.25, 0.3) is 0 Å². The van der Waals surface area contributed by atoms with Crippen molar-refractivity contribution >= 4 is 23.0 Å². The van der Waals surface area contributed by atoms with Gasteiger partial charge in [0.25, 0.3) is 0 Å². The Kier molecular flexibility index (Phi) is 2.91. The van der Waals surface area contributed by atoms with Crippen LogP contribution in [0.2, 0.25) is 0 Å². The van der Waals surface area contributed by atoms with Crippen LogP contribution in [-0.2, 0) is 0 Å². The molecule has 1 heterocycles. The second kappa shape index (κ2) is 4.11. The summed E-state index contributed by atoms with van der Waals surface area (Å²) >= 11 is 5.30. The van der Waals surface area contributed by atoms with Gasteiger partial charge in [-0.15, -0.1) is 0 Å². The van der Waals surface area contributed by atoms with E-state index in [4.69, 9.17) is 12.2 Å². The average Bonchev–Trinajstić information content (AvgIpc) is 2.17. The Hall–Kier alpha value is -1.42. The highest BCUT2D eigenvalue weighted by molar-refractivity contribution is 7.80. The lowest BCUT2D eigenvalue weighted by molar-refractivity contribution is 0.557. The van der Waals surface area contributed by atoms with Gasteiger partial charge in [0.1, 0.15) is 5.82 Å². The van der Waals surface area contributed by atoms with Crippen LogP contribution >= 0.6 is 12.2 Å². The van der Waals surface area contributed by atoms with Crippen LogP contribution in [0.4, 0.5) is 10.1 Å². The van der Waals surface area contributed by atoms with Gasteiger partial charge in [-0.3, -0.25) is 4.90 Å². The molecule has 1 N–H and O–H groups in total. The zero-order chi connectivity index (χ0) is 12.6. The van der Waals surface area contributed by atoms with E-state index in [9.17, 15) is 4.39 Å². The molecule has 0 aliphatic carbocycles. The van der Waals surface area contributed by atoms with Gasteiger partial charge < -0.3 is 5.32 Å². The van der Waals surface area contributed by atoms with Crippen LogP contribution in [0.15, 0.2) is 36.0 Å². The van der Waals surface area contributed by atoms with Gasteiger partial charge in [-0.1, -0.05) is 12.1 Å². The molecule has 0 fully saturated rings. The van der Waals surface area contributed by atoms with E-state index >= 15 is 0 Å². The van der Waals surface area contributed by atoms with Crippen LogP contribution in [0.5, 0.6) is 0 Å². The fourth-order valence-electron chi connectivity index (χ4n) is 2.05. The minimum Gasteiger partial charge on any atom is -0.354 e. The van der Waals surface area contributed by atoms with Crippen molar-refractivity contribution in [2.75, 3.05) is 4.90 Å². The maximum absolute atomic E-state index is 13.8. The molecule has 1 aromatic rings. The molecule has 90 valence electrons. The predicted octanol–water partition coefficient (Wildman–Crippen LogP) is 3.20. The average molecular weight is 250 g/mol. The third-order valence-electron chi connectivity index (χ3n) is 2.65. The van der Waals surface area contributed by atoms with Gasteiger partial charge in [0.15, 0.2) is 5.11 Å². The smallest absolute Gasteiger partial charge is 0.178 e. The number of para-hydroxylation sites is 1. The van der Waals surface area contributed by atoms with Gasteiger partial charge in [-0.25, -0.2) is 4.39 Å². The van der Waals surface area contributed by atoms with Crippen molar-refractivity contribution in [2.45, 2.75) is 26.3 Å². The second-order valence-corrected chi connectivity index (χ2v) is 5.11. The maximum Gasteiger partial charge on any atom is 0.178 e. The minimum atomic E-state index is -0.274. The van der Waals surface area contributed by atoms with E-state index in [1.807, 2.05) is 26.8 Å². The van der Waals surface area contributed by atoms with Gasteiger partial charge in [0, 0.05) is 5.70 Å². The van der Waals surface area contributed by atoms with E-state index in [-0.39, 0.29) is 11.4 Å². The zero-order valence-corrected chi connectivity index (χ0v) is 10.9. The fourth-order valence-corrected chi connectivity index (χ4v) is 2.55. The molecule has 0 aromatic heterocycles. The molecular formula is C13H15FN2S. The Morgan fingerprint density at radius 3 is 2.53 bits per heavy atom. The first kappa shape index (κ1) is 12.0. The first-order valence-corrected chi connectivity index (χ1v) is 5.88. The Morgan fingerprint density at radius 1 is 1.29 bits per heavy atom. The van der Waals surface area contributed by atoms with Gasteiger partial charge in [0.2, 0.25) is 0 Å². The van der Waals surface area contributed by atoms with Gasteiger partial charge in [-0.2, -0.15) is 0 Å². The molecule has 1 aliphatic rings. The van der Waals surface area contributed by atoms with Crippen LogP contribution in [-0.4, -0.2) is 10.7 Å². The van der Waals surface area contributed by atoms with Gasteiger partial charge in [-0.05, 0) is 51.2 Å². The van der Waals surface area contributed by atoms with Crippen molar-refractivity contribution in [1.82, 2.24) is 5.32 Å². The molecule has 2 nitrogen and oxygen atoms in total. The third-order valence-corrected chi connectivity index (χ3v) is 2.93. The molecule has 1 aromatic carbocycles. The SMILES string of the molecule is CC1=CC(C)(C)NC(=S)N1c1ccccc1F. The molecule has 1 aliphatic heterocycles. The molecule has 0 radical (unpaired) electrons. The van der Waals surface area contributed by atoms with Gasteiger partial charge in [0.05, 0.1) is 11.2 Å². The number of benzene rings is 1. The standard InChI is InChI=1S/C13H15FN2S/c1-9-8-13(2,3)15-12(17)16(9)11-7-5-4-6-10(11)14/h4-8H,1-3H3,(H,15,17). The molecule has 0 atom stereocenters. The number of nitrogens with zero attached hydrogens (tertiary/aromatic N) is 1. The highest BCUT2D eigenvalue weighted by Crippen LogP contribution is 2.27. The van der Waals surface area contributed by atoms with Crippen molar-refractivity contribution in [1.29, 1.82) is 0 Å². The number of hydrogen-bond acceptors (Lipinski definition) is 1. The summed E-state index contributed by atoms with van der Waals surface area (Å²) in [6.07, 6.45) is 2.04. The van der Waals surface area contributed by atoms with Crippen LogP contribution < -0.4 is 10.2 Å². The largest absolute Gasteiger partial charge is 0.354 e. The highest BCUT2D eigenvalue weighted by Gasteiger charge is 2.28. The van der Waals surface area contributed by atoms with Crippen LogP contribution in [0.1, 0.15) is 20.8 Å². The van der Waals surface area contributed by atoms with E-state index in [2.05, 4.69) is 5.32 Å². The first-order chi connectivity index (χ1) is 7.91. The lowest BCUT2D eigenvalue weighted by atomic mass is 10.0. The fraction of sp³-hybridized carbons (Fsp3) is 0.308. The maximum atomic E-state index is 13.8. The Morgan fingerprint density at radius 2 is 1.94 bits per heavy atom. The predicted molar refractivity (Wildman–Crippen MR) is 72.4 cm³/mol. The molecule has 0 amide bonds. The van der Waals surface area contributed by atoms with E-state index in [0.717, 1.165) is 5.70 Å². The molecule has 0 unspecified atom stereocenters. The van der Waals surface area contributed by atoms with Gasteiger partial charge >= 0.3 is 0 Å². The summed E-state index contributed by atoms with van der Waals surface area (Å²) in [4.78, 5) is 1.72. The summed E-state index contributed by atoms with van der Waals surface area (Å²) in [7, 11) is 0. The molecule has 4 heteroatoms. The topological polar surface area (TPSA) is 15.3 Å². The number of halogens is 1. The first-order valence-electron chi connectivity index (χ1n) is 5.47. The summed E-state index contributed by atoms with van der Waals surface area (Å²) < 4.78 is 13.8. The summed E-state index contributed by atoms with van der Waals surface area (Å²) in [5, 5.41) is 3.70. The van der Waals surface area contributed by atoms with Crippen molar-refractivity contribution in [3.05, 3.63) is 41.9 Å². The van der Waals surface area contributed by atoms with Crippen molar-refractivity contribution in [2.24, 2.45) is 0 Å². The quantitative estimate of drug-likeness (QED) is 0.771. The van der Waals surface area contributed by atoms with Crippen LogP contribution in [0.3, 0.4) is 0 Å². The van der Waals surface area contributed by atoms with E-state index in [1.54, 1.807) is 23.1 Å². The number of allylic oxidation sites excluding steroid dienone is 1. The molecule has 0 spiro atoms. The second-order valence-electron chi connectivity index (χ2n) is 4.72. The van der Waals surface area contributed by atoms with Crippen molar-refractivity contribution in [3.63, 3.8) is 0 Å². The number of rotatable bonds is 1. The number of anilines is 1. The monoisotopic (exact) mass is 250 g/mol. The van der Waals surface area contributed by atoms with Crippen molar-refractivity contribution in [3.8, 4) is 0 Å². The Balaban J connectivity index is 2.47. The highest BCUT2D eigenvalue weighted by atomic mass is 32.1. The molecule has 17 heavy (non-hydrogen) atoms. The van der Waals surface area contributed by atoms with Crippen molar-refractivity contribution < 1.29 is 4.39 Å². The van der Waals surface area contributed by atoms with E-state index in [1.165, 1.54) is 6.07 Å². The summed E-state index contributed by atoms with van der Waals surface area (Å²) in [5.41, 5.74) is 1.22. The number of nitrogens with one attached hydrogen (secondary N) is 1. The van der Waals surface area contributed by atoms with E-state index < -0.39 is 0 Å². The molecule has 0 bridgehead atoms. The summed E-state index contributed by atoms with van der Waals surface area (Å²) in [5.74, 6) is -0.274. The lowest BCUT2D eigenvalue weighted by Crippen LogP contribution is -2.53. The van der Waals surface area contributed by atoms with E-state index in [0.29, 0.717) is 10.8 Å². The Labute approximate surface area is 106 Å². The molecule has 0 saturated heterocycles. The van der Waals surface area contributed by atoms with Crippen LogP contribution in [0, 0.1) is 5.82 Å². The normalized spacial score (nSPS) is 18.7. The number of thiocarbonyl (C=S) groups is 1. The zero-order valence-electron chi connectivity index (χ0n) is 10.1. The third kappa shape index (κ3) is 2.31. The lowest BCUT2D eigenvalue weighted by Gasteiger charge is -2.38. The minimum absolute atomic E-state index is 0.192. The summed E-state index contributed by atoms with van der Waals surface area (Å²) in [6.45, 7) is 5.99. The Bertz CT molecular complexity index is 494. The molecular weight excluding hydrogens is 235 g/mol. The summed E-state index contributed by atoms with van der Waals surface area (Å²) in [6, 6.07) is 6.63.